The zero-order chi connectivity index (χ0) is 22.7. The third kappa shape index (κ3) is 4.19. The van der Waals surface area contributed by atoms with Crippen molar-refractivity contribution in [1.29, 1.82) is 0 Å². The van der Waals surface area contributed by atoms with Gasteiger partial charge < -0.3 is 10.6 Å². The van der Waals surface area contributed by atoms with Gasteiger partial charge in [-0.15, -0.1) is 0 Å². The summed E-state index contributed by atoms with van der Waals surface area (Å²) in [6.07, 6.45) is 4.00. The second-order valence-corrected chi connectivity index (χ2v) is 6.59. The standard InChI is InChI=1S/C22H14F3N5O2/c23-13-1-3-14(4-2-13)28-22(32)20-17(11-27-30-20)29-21(31)18-16(24)6-5-15(19(18)25)12-7-9-26-10-8-12/h1-11H,(H,27,30)(H,28,32)(H,29,31). The van der Waals surface area contributed by atoms with E-state index in [1.54, 1.807) is 0 Å². The van der Waals surface area contributed by atoms with Crippen LogP contribution < -0.4 is 10.6 Å². The fraction of sp³-hybridized carbons (Fsp3) is 0. The number of carbonyl (C=O) groups excluding carboxylic acids is 2. The molecular weight excluding hydrogens is 423 g/mol. The van der Waals surface area contributed by atoms with E-state index in [0.717, 1.165) is 24.4 Å². The van der Waals surface area contributed by atoms with Crippen molar-refractivity contribution in [2.24, 2.45) is 0 Å². The second-order valence-electron chi connectivity index (χ2n) is 6.59. The Morgan fingerprint density at radius 3 is 2.28 bits per heavy atom. The Morgan fingerprint density at radius 2 is 1.56 bits per heavy atom. The van der Waals surface area contributed by atoms with Gasteiger partial charge in [-0.2, -0.15) is 5.10 Å². The van der Waals surface area contributed by atoms with Gasteiger partial charge in [-0.25, -0.2) is 13.2 Å². The lowest BCUT2D eigenvalue weighted by Gasteiger charge is -2.11. The smallest absolute Gasteiger partial charge is 0.275 e. The number of aromatic nitrogens is 3. The van der Waals surface area contributed by atoms with Crippen LogP contribution >= 0.6 is 0 Å². The van der Waals surface area contributed by atoms with E-state index in [9.17, 15) is 18.4 Å². The van der Waals surface area contributed by atoms with Crippen molar-refractivity contribution in [3.8, 4) is 11.1 Å². The number of carbonyl (C=O) groups is 2. The van der Waals surface area contributed by atoms with E-state index in [1.807, 2.05) is 0 Å². The Kier molecular flexibility index (Phi) is 5.67. The summed E-state index contributed by atoms with van der Waals surface area (Å²) in [6, 6.07) is 10.2. The van der Waals surface area contributed by atoms with Gasteiger partial charge in [0, 0.05) is 23.6 Å². The molecule has 0 atom stereocenters. The third-order valence-electron chi connectivity index (χ3n) is 4.53. The van der Waals surface area contributed by atoms with Crippen LogP contribution in [0.15, 0.2) is 67.1 Å². The molecule has 0 fully saturated rings. The predicted molar refractivity (Wildman–Crippen MR) is 110 cm³/mol. The number of anilines is 2. The monoisotopic (exact) mass is 437 g/mol. The number of benzene rings is 2. The number of rotatable bonds is 5. The van der Waals surface area contributed by atoms with E-state index in [2.05, 4.69) is 25.8 Å². The van der Waals surface area contributed by atoms with E-state index in [4.69, 9.17) is 0 Å². The maximum absolute atomic E-state index is 15.0. The first-order valence-corrected chi connectivity index (χ1v) is 9.24. The highest BCUT2D eigenvalue weighted by molar-refractivity contribution is 6.11. The van der Waals surface area contributed by atoms with E-state index < -0.39 is 34.8 Å². The van der Waals surface area contributed by atoms with Crippen LogP contribution in [-0.4, -0.2) is 27.0 Å². The number of aromatic amines is 1. The summed E-state index contributed by atoms with van der Waals surface area (Å²) in [7, 11) is 0. The van der Waals surface area contributed by atoms with Gasteiger partial charge >= 0.3 is 0 Å². The summed E-state index contributed by atoms with van der Waals surface area (Å²) < 4.78 is 42.4. The number of hydrogen-bond acceptors (Lipinski definition) is 4. The molecule has 4 aromatic rings. The molecule has 10 heteroatoms. The number of pyridine rings is 1. The predicted octanol–water partition coefficient (Wildman–Crippen LogP) is 4.39. The number of hydrogen-bond donors (Lipinski definition) is 3. The topological polar surface area (TPSA) is 99.8 Å². The summed E-state index contributed by atoms with van der Waals surface area (Å²) in [4.78, 5) is 29.0. The van der Waals surface area contributed by atoms with Crippen LogP contribution in [0, 0.1) is 17.5 Å². The molecule has 160 valence electrons. The van der Waals surface area contributed by atoms with Crippen LogP contribution in [0.4, 0.5) is 24.5 Å². The molecule has 0 bridgehead atoms. The first-order chi connectivity index (χ1) is 15.4. The minimum absolute atomic E-state index is 0.0143. The van der Waals surface area contributed by atoms with Crippen molar-refractivity contribution in [3.63, 3.8) is 0 Å². The molecule has 2 amide bonds. The quantitative estimate of drug-likeness (QED) is 0.431. The molecule has 2 heterocycles. The molecule has 2 aromatic carbocycles. The molecule has 0 unspecified atom stereocenters. The van der Waals surface area contributed by atoms with Crippen molar-refractivity contribution in [2.45, 2.75) is 0 Å². The summed E-state index contributed by atoms with van der Waals surface area (Å²) >= 11 is 0. The third-order valence-corrected chi connectivity index (χ3v) is 4.53. The molecule has 3 N–H and O–H groups in total. The number of nitrogens with one attached hydrogen (secondary N) is 3. The van der Waals surface area contributed by atoms with Crippen molar-refractivity contribution < 1.29 is 22.8 Å². The summed E-state index contributed by atoms with van der Waals surface area (Å²) in [5, 5.41) is 10.9. The van der Waals surface area contributed by atoms with Crippen molar-refractivity contribution in [1.82, 2.24) is 15.2 Å². The van der Waals surface area contributed by atoms with Gasteiger partial charge in [-0.05, 0) is 54.1 Å². The second kappa shape index (κ2) is 8.72. The van der Waals surface area contributed by atoms with Crippen LogP contribution in [0.1, 0.15) is 20.8 Å². The zero-order valence-corrected chi connectivity index (χ0v) is 16.2. The van der Waals surface area contributed by atoms with Gasteiger partial charge in [0.05, 0.1) is 11.9 Å². The first kappa shape index (κ1) is 20.8. The summed E-state index contributed by atoms with van der Waals surface area (Å²) in [5.41, 5.74) is -0.345. The fourth-order valence-electron chi connectivity index (χ4n) is 2.98. The largest absolute Gasteiger partial charge is 0.321 e. The molecule has 0 aliphatic rings. The first-order valence-electron chi connectivity index (χ1n) is 9.24. The van der Waals surface area contributed by atoms with Crippen LogP contribution in [0.5, 0.6) is 0 Å². The molecule has 0 saturated heterocycles. The Hall–Kier alpha value is -4.47. The highest BCUT2D eigenvalue weighted by atomic mass is 19.1. The van der Waals surface area contributed by atoms with Gasteiger partial charge in [0.1, 0.15) is 28.7 Å². The summed E-state index contributed by atoms with van der Waals surface area (Å²) in [5.74, 6) is -4.41. The molecule has 7 nitrogen and oxygen atoms in total. The highest BCUT2D eigenvalue weighted by Crippen LogP contribution is 2.27. The number of amides is 2. The van der Waals surface area contributed by atoms with Gasteiger partial charge in [0.2, 0.25) is 0 Å². The van der Waals surface area contributed by atoms with Crippen LogP contribution in [0.2, 0.25) is 0 Å². The Morgan fingerprint density at radius 1 is 0.844 bits per heavy atom. The lowest BCUT2D eigenvalue weighted by molar-refractivity contribution is 0.101. The Labute approximate surface area is 179 Å². The van der Waals surface area contributed by atoms with Crippen molar-refractivity contribution in [2.75, 3.05) is 10.6 Å². The van der Waals surface area contributed by atoms with Gasteiger partial charge in [0.15, 0.2) is 0 Å². The van der Waals surface area contributed by atoms with E-state index >= 15 is 4.39 Å². The average Bonchev–Trinajstić information content (AvgIpc) is 3.24. The SMILES string of the molecule is O=C(Nc1ccc(F)cc1)c1[nH]ncc1NC(=O)c1c(F)ccc(-c2ccncc2)c1F. The lowest BCUT2D eigenvalue weighted by atomic mass is 10.0. The van der Waals surface area contributed by atoms with Crippen molar-refractivity contribution in [3.05, 3.63) is 95.8 Å². The lowest BCUT2D eigenvalue weighted by Crippen LogP contribution is -2.20. The van der Waals surface area contributed by atoms with Gasteiger partial charge in [0.25, 0.3) is 11.8 Å². The zero-order valence-electron chi connectivity index (χ0n) is 16.2. The van der Waals surface area contributed by atoms with Crippen LogP contribution in [0.25, 0.3) is 11.1 Å². The number of H-pyrrole nitrogens is 1. The number of halogens is 3. The molecule has 32 heavy (non-hydrogen) atoms. The highest BCUT2D eigenvalue weighted by Gasteiger charge is 2.24. The van der Waals surface area contributed by atoms with E-state index in [1.165, 1.54) is 42.7 Å². The van der Waals surface area contributed by atoms with Crippen LogP contribution in [-0.2, 0) is 0 Å². The van der Waals surface area contributed by atoms with Gasteiger partial charge in [-0.1, -0.05) is 0 Å². The van der Waals surface area contributed by atoms with Gasteiger partial charge in [-0.3, -0.25) is 19.7 Å². The van der Waals surface area contributed by atoms with E-state index in [0.29, 0.717) is 11.3 Å². The minimum Gasteiger partial charge on any atom is -0.321 e. The maximum Gasteiger partial charge on any atom is 0.275 e. The van der Waals surface area contributed by atoms with Crippen LogP contribution in [0.3, 0.4) is 0 Å². The fourth-order valence-corrected chi connectivity index (χ4v) is 2.98. The average molecular weight is 437 g/mol. The minimum atomic E-state index is -1.10. The normalized spacial score (nSPS) is 10.6. The van der Waals surface area contributed by atoms with E-state index in [-0.39, 0.29) is 16.9 Å². The molecule has 0 saturated carbocycles. The van der Waals surface area contributed by atoms with Crippen molar-refractivity contribution >= 4 is 23.2 Å². The molecule has 0 aliphatic heterocycles. The maximum atomic E-state index is 15.0. The molecule has 4 rings (SSSR count). The molecule has 0 radical (unpaired) electrons. The number of nitrogens with zero attached hydrogens (tertiary/aromatic N) is 2. The Balaban J connectivity index is 1.59. The Bertz CT molecular complexity index is 1290. The molecule has 2 aromatic heterocycles. The summed E-state index contributed by atoms with van der Waals surface area (Å²) in [6.45, 7) is 0. The molecule has 0 spiro atoms. The molecular formula is C22H14F3N5O2. The molecule has 0 aliphatic carbocycles.